The maximum absolute atomic E-state index is 5.87. The Morgan fingerprint density at radius 1 is 1.05 bits per heavy atom. The summed E-state index contributed by atoms with van der Waals surface area (Å²) in [5, 5.41) is 0.680. The first kappa shape index (κ1) is 24.4. The van der Waals surface area contributed by atoms with Crippen molar-refractivity contribution in [2.24, 2.45) is 4.99 Å². The Labute approximate surface area is 148 Å². The Kier molecular flexibility index (Phi) is 18.1. The molecule has 2 rings (SSSR count). The first-order valence-electron chi connectivity index (χ1n) is 5.23. The Morgan fingerprint density at radius 2 is 1.65 bits per heavy atom. The summed E-state index contributed by atoms with van der Waals surface area (Å²) in [6.45, 7) is 3.73. The number of aryl methyl sites for hydroxylation is 1. The Morgan fingerprint density at radius 3 is 2.00 bits per heavy atom. The summed E-state index contributed by atoms with van der Waals surface area (Å²) in [6.07, 6.45) is 6.21. The molecule has 0 spiro atoms. The van der Waals surface area contributed by atoms with Gasteiger partial charge in [-0.05, 0) is 17.2 Å². The first-order valence-corrected chi connectivity index (χ1v) is 5.61. The molecule has 6 heteroatoms. The van der Waals surface area contributed by atoms with Gasteiger partial charge < -0.3 is 29.8 Å². The van der Waals surface area contributed by atoms with E-state index < -0.39 is 0 Å². The second-order valence-electron chi connectivity index (χ2n) is 3.27. The Hall–Kier alpha value is -0.571. The van der Waals surface area contributed by atoms with Crippen molar-refractivity contribution in [2.75, 3.05) is 0 Å². The monoisotopic (exact) mass is 371 g/mol. The number of aromatic nitrogens is 1. The summed E-state index contributed by atoms with van der Waals surface area (Å²) in [5.74, 6) is 0. The summed E-state index contributed by atoms with van der Waals surface area (Å²) < 4.78 is 0. The molecule has 0 amide bonds. The van der Waals surface area contributed by atoms with Gasteiger partial charge in [0.15, 0.2) is 0 Å². The van der Waals surface area contributed by atoms with Gasteiger partial charge in [-0.2, -0.15) is 6.21 Å². The number of halogens is 3. The molecular weight excluding hydrogens is 358 g/mol. The average molecular weight is 372 g/mol. The number of pyridine rings is 1. The standard InChI is InChI=1S/C9H9ClN.C5H5N.2ClH.Fe/c1-3-11-9-7(2)5-4-6-8(9)10;1-2-4-6-5-3-1;;;/h4-6H,1-2H3;1-5H;2*1H;/q-1;;;;+3/p-2. The molecule has 1 radical (unpaired) electrons. The van der Waals surface area contributed by atoms with E-state index in [1.165, 1.54) is 0 Å². The number of benzene rings is 1. The number of hydrogen-bond donors (Lipinski definition) is 0. The van der Waals surface area contributed by atoms with E-state index in [2.05, 4.69) is 16.2 Å². The molecule has 1 aromatic carbocycles. The summed E-state index contributed by atoms with van der Waals surface area (Å²) >= 11 is 5.87. The van der Waals surface area contributed by atoms with Crippen LogP contribution in [-0.4, -0.2) is 11.2 Å². The quantitative estimate of drug-likeness (QED) is 0.334. The van der Waals surface area contributed by atoms with Crippen molar-refractivity contribution in [1.82, 2.24) is 4.98 Å². The third-order valence-electron chi connectivity index (χ3n) is 1.98. The van der Waals surface area contributed by atoms with Crippen LogP contribution < -0.4 is 24.8 Å². The maximum Gasteiger partial charge on any atom is 3.00 e. The van der Waals surface area contributed by atoms with Crippen molar-refractivity contribution >= 4 is 23.5 Å². The molecule has 1 heterocycles. The molecule has 0 aliphatic heterocycles. The van der Waals surface area contributed by atoms with Gasteiger partial charge in [0.2, 0.25) is 0 Å². The minimum absolute atomic E-state index is 0. The first-order chi connectivity index (χ1) is 8.25. The third kappa shape index (κ3) is 9.35. The zero-order valence-corrected chi connectivity index (χ0v) is 14.4. The zero-order chi connectivity index (χ0) is 12.5. The smallest absolute Gasteiger partial charge is 1.00 e. The molecule has 2 nitrogen and oxygen atoms in total. The number of hydrogen-bond acceptors (Lipinski definition) is 2. The van der Waals surface area contributed by atoms with Crippen LogP contribution in [0.1, 0.15) is 12.5 Å². The average Bonchev–Trinajstić information content (AvgIpc) is 2.37. The van der Waals surface area contributed by atoms with Crippen LogP contribution in [0.15, 0.2) is 53.8 Å². The van der Waals surface area contributed by atoms with Gasteiger partial charge in [-0.3, -0.25) is 4.98 Å². The molecule has 109 valence electrons. The fraction of sp³-hybridized carbons (Fsp3) is 0.143. The molecule has 0 fully saturated rings. The number of nitrogens with zero attached hydrogens (tertiary/aromatic N) is 2. The SMILES string of the molecule is C[C-]=Nc1c(C)cccc1Cl.[Cl-].[Cl-].[Fe+3].c1ccncc1. The van der Waals surface area contributed by atoms with Gasteiger partial charge in [-0.25, -0.2) is 0 Å². The predicted molar refractivity (Wildman–Crippen MR) is 73.2 cm³/mol. The number of aliphatic imine (C=N–C) groups is 1. The minimum atomic E-state index is 0. The molecule has 0 atom stereocenters. The molecule has 20 heavy (non-hydrogen) atoms. The van der Waals surface area contributed by atoms with Crippen LogP contribution in [0.3, 0.4) is 0 Å². The van der Waals surface area contributed by atoms with Crippen LogP contribution in [0.25, 0.3) is 0 Å². The number of rotatable bonds is 1. The van der Waals surface area contributed by atoms with Gasteiger partial charge in [-0.15, -0.1) is 24.1 Å². The van der Waals surface area contributed by atoms with Crippen LogP contribution in [0, 0.1) is 6.92 Å². The van der Waals surface area contributed by atoms with E-state index in [9.17, 15) is 0 Å². The summed E-state index contributed by atoms with van der Waals surface area (Å²) in [7, 11) is 0. The van der Waals surface area contributed by atoms with Crippen LogP contribution in [-0.2, 0) is 17.1 Å². The predicted octanol–water partition coefficient (Wildman–Crippen LogP) is -1.67. The normalized spacial score (nSPS) is 8.35. The molecule has 1 aromatic heterocycles. The van der Waals surface area contributed by atoms with Crippen LogP contribution in [0.2, 0.25) is 5.02 Å². The van der Waals surface area contributed by atoms with E-state index in [1.807, 2.05) is 43.3 Å². The summed E-state index contributed by atoms with van der Waals surface area (Å²) in [4.78, 5) is 7.81. The van der Waals surface area contributed by atoms with Gasteiger partial charge in [0.25, 0.3) is 0 Å². The van der Waals surface area contributed by atoms with Gasteiger partial charge in [-0.1, -0.05) is 36.9 Å². The van der Waals surface area contributed by atoms with Crippen LogP contribution in [0.5, 0.6) is 0 Å². The fourth-order valence-electron chi connectivity index (χ4n) is 1.19. The van der Waals surface area contributed by atoms with Gasteiger partial charge in [0.1, 0.15) is 0 Å². The van der Waals surface area contributed by atoms with Gasteiger partial charge in [0, 0.05) is 12.4 Å². The molecule has 0 aliphatic rings. The van der Waals surface area contributed by atoms with Crippen LogP contribution >= 0.6 is 11.6 Å². The van der Waals surface area contributed by atoms with Crippen LogP contribution in [0.4, 0.5) is 5.69 Å². The summed E-state index contributed by atoms with van der Waals surface area (Å²) in [6, 6.07) is 11.4. The summed E-state index contributed by atoms with van der Waals surface area (Å²) in [5.41, 5.74) is 1.89. The van der Waals surface area contributed by atoms with Gasteiger partial charge >= 0.3 is 17.1 Å². The Bertz CT molecular complexity index is 432. The van der Waals surface area contributed by atoms with Crippen molar-refractivity contribution in [3.63, 3.8) is 0 Å². The van der Waals surface area contributed by atoms with E-state index in [0.717, 1.165) is 11.3 Å². The van der Waals surface area contributed by atoms with E-state index in [1.54, 1.807) is 19.3 Å². The zero-order valence-electron chi connectivity index (χ0n) is 11.0. The third-order valence-corrected chi connectivity index (χ3v) is 2.28. The molecular formula is C14H14Cl3FeN2. The maximum atomic E-state index is 5.87. The van der Waals surface area contributed by atoms with Crippen molar-refractivity contribution < 1.29 is 41.9 Å². The molecule has 0 bridgehead atoms. The van der Waals surface area contributed by atoms with Crippen molar-refractivity contribution in [1.29, 1.82) is 0 Å². The van der Waals surface area contributed by atoms with E-state index in [0.29, 0.717) is 5.02 Å². The molecule has 0 aliphatic carbocycles. The van der Waals surface area contributed by atoms with E-state index in [-0.39, 0.29) is 41.9 Å². The fourth-order valence-corrected chi connectivity index (χ4v) is 1.45. The molecule has 2 aromatic rings. The van der Waals surface area contributed by atoms with Gasteiger partial charge in [0.05, 0.1) is 0 Å². The second kappa shape index (κ2) is 14.8. The minimum Gasteiger partial charge on any atom is -1.00 e. The topological polar surface area (TPSA) is 25.2 Å². The van der Waals surface area contributed by atoms with Crippen molar-refractivity contribution in [2.45, 2.75) is 13.8 Å². The van der Waals surface area contributed by atoms with E-state index in [4.69, 9.17) is 11.6 Å². The van der Waals surface area contributed by atoms with Crippen molar-refractivity contribution in [3.05, 3.63) is 59.4 Å². The molecule has 0 unspecified atom stereocenters. The Balaban J connectivity index is -0.000000281. The molecule has 0 N–H and O–H groups in total. The molecule has 0 saturated heterocycles. The molecule has 0 saturated carbocycles. The second-order valence-corrected chi connectivity index (χ2v) is 3.67. The van der Waals surface area contributed by atoms with Crippen molar-refractivity contribution in [3.8, 4) is 0 Å². The number of para-hydroxylation sites is 1. The van der Waals surface area contributed by atoms with E-state index >= 15 is 0 Å². The largest absolute Gasteiger partial charge is 3.00 e.